The van der Waals surface area contributed by atoms with Gasteiger partial charge in [0.05, 0.1) is 10.9 Å². The monoisotopic (exact) mass is 643 g/mol. The summed E-state index contributed by atoms with van der Waals surface area (Å²) in [6.45, 7) is 0. The lowest BCUT2D eigenvalue weighted by Crippen LogP contribution is -2.26. The summed E-state index contributed by atoms with van der Waals surface area (Å²) in [5.74, 6) is 0. The highest BCUT2D eigenvalue weighted by atomic mass is 14.6. The van der Waals surface area contributed by atoms with E-state index < -0.39 is 5.41 Å². The summed E-state index contributed by atoms with van der Waals surface area (Å²) in [7, 11) is 0. The smallest absolute Gasteiger partial charge is 0.0780 e. The molecular formula is C50H29N. The molecule has 0 bridgehead atoms. The highest BCUT2D eigenvalue weighted by molar-refractivity contribution is 6.21. The number of hydrogen-bond acceptors (Lipinski definition) is 1. The lowest BCUT2D eigenvalue weighted by atomic mass is 9.69. The predicted octanol–water partition coefficient (Wildman–Crippen LogP) is 12.7. The molecule has 1 heteroatoms. The van der Waals surface area contributed by atoms with Gasteiger partial charge in [-0.25, -0.2) is 0 Å². The van der Waals surface area contributed by atoms with Crippen molar-refractivity contribution in [2.24, 2.45) is 0 Å². The van der Waals surface area contributed by atoms with E-state index in [9.17, 15) is 0 Å². The third-order valence-corrected chi connectivity index (χ3v) is 11.9. The molecule has 0 radical (unpaired) electrons. The van der Waals surface area contributed by atoms with Crippen molar-refractivity contribution < 1.29 is 0 Å². The summed E-state index contributed by atoms with van der Waals surface area (Å²) >= 11 is 0. The maximum Gasteiger partial charge on any atom is 0.0780 e. The van der Waals surface area contributed by atoms with Crippen molar-refractivity contribution in [1.29, 1.82) is 0 Å². The molecule has 234 valence electrons. The predicted molar refractivity (Wildman–Crippen MR) is 211 cm³/mol. The van der Waals surface area contributed by atoms with Gasteiger partial charge in [-0.15, -0.1) is 0 Å². The van der Waals surface area contributed by atoms with Crippen molar-refractivity contribution >= 4 is 21.7 Å². The van der Waals surface area contributed by atoms with E-state index in [-0.39, 0.29) is 0 Å². The normalized spacial score (nSPS) is 13.6. The zero-order valence-corrected chi connectivity index (χ0v) is 27.7. The molecule has 3 aliphatic rings. The van der Waals surface area contributed by atoms with Crippen LogP contribution in [0.1, 0.15) is 22.3 Å². The van der Waals surface area contributed by atoms with E-state index in [0.717, 1.165) is 16.5 Å². The Kier molecular flexibility index (Phi) is 5.23. The second-order valence-corrected chi connectivity index (χ2v) is 14.2. The van der Waals surface area contributed by atoms with Crippen molar-refractivity contribution in [2.75, 3.05) is 0 Å². The lowest BCUT2D eigenvalue weighted by molar-refractivity contribution is 0.794. The van der Waals surface area contributed by atoms with Gasteiger partial charge in [-0.3, -0.25) is 4.98 Å². The van der Waals surface area contributed by atoms with Gasteiger partial charge in [-0.2, -0.15) is 0 Å². The van der Waals surface area contributed by atoms with E-state index in [2.05, 4.69) is 164 Å². The number of aromatic nitrogens is 1. The van der Waals surface area contributed by atoms with Crippen LogP contribution in [0.5, 0.6) is 0 Å². The van der Waals surface area contributed by atoms with Crippen LogP contribution < -0.4 is 0 Å². The fraction of sp³-hybridized carbons (Fsp3) is 0.0200. The molecule has 1 heterocycles. The van der Waals surface area contributed by atoms with Crippen molar-refractivity contribution in [1.82, 2.24) is 4.98 Å². The fourth-order valence-corrected chi connectivity index (χ4v) is 9.96. The Morgan fingerprint density at radius 2 is 0.882 bits per heavy atom. The van der Waals surface area contributed by atoms with E-state index in [1.165, 1.54) is 94.2 Å². The molecule has 3 aliphatic carbocycles. The molecule has 1 aromatic heterocycles. The largest absolute Gasteiger partial charge is 0.256 e. The van der Waals surface area contributed by atoms with Gasteiger partial charge in [0.2, 0.25) is 0 Å². The van der Waals surface area contributed by atoms with Gasteiger partial charge >= 0.3 is 0 Å². The fourth-order valence-electron chi connectivity index (χ4n) is 9.96. The van der Waals surface area contributed by atoms with Gasteiger partial charge < -0.3 is 0 Å². The first-order valence-electron chi connectivity index (χ1n) is 17.8. The standard InChI is InChI=1S/C50H29N/c1-4-21-41-35(15-1)36-16-2-5-22-42(36)50(41)43-23-6-3-17-38(43)48-44(50)29-40-37-19-7-11-31-12-8-20-39(45(31)37)47(40)46(48)32-26-24-30(25-27-32)34-18-9-13-33-14-10-28-51-49(33)34/h1-29H. The van der Waals surface area contributed by atoms with Crippen LogP contribution in [0.3, 0.4) is 0 Å². The molecule has 0 saturated heterocycles. The number of nitrogens with zero attached hydrogens (tertiary/aromatic N) is 1. The highest BCUT2D eigenvalue weighted by Gasteiger charge is 2.53. The molecule has 51 heavy (non-hydrogen) atoms. The first-order valence-corrected chi connectivity index (χ1v) is 17.8. The molecule has 12 rings (SSSR count). The molecule has 0 saturated carbocycles. The molecule has 0 N–H and O–H groups in total. The summed E-state index contributed by atoms with van der Waals surface area (Å²) in [6, 6.07) is 63.5. The number of hydrogen-bond donors (Lipinski definition) is 0. The van der Waals surface area contributed by atoms with Gasteiger partial charge in [0.1, 0.15) is 0 Å². The van der Waals surface area contributed by atoms with E-state index in [1.54, 1.807) is 0 Å². The first kappa shape index (κ1) is 27.3. The number of pyridine rings is 1. The van der Waals surface area contributed by atoms with Crippen LogP contribution in [0.2, 0.25) is 0 Å². The third-order valence-electron chi connectivity index (χ3n) is 11.9. The Labute approximate surface area is 296 Å². The summed E-state index contributed by atoms with van der Waals surface area (Å²) in [5, 5.41) is 3.80. The molecule has 1 nitrogen and oxygen atoms in total. The summed E-state index contributed by atoms with van der Waals surface area (Å²) in [4.78, 5) is 4.78. The van der Waals surface area contributed by atoms with Gasteiger partial charge in [0.25, 0.3) is 0 Å². The van der Waals surface area contributed by atoms with Gasteiger partial charge in [-0.1, -0.05) is 158 Å². The van der Waals surface area contributed by atoms with E-state index in [4.69, 9.17) is 4.98 Å². The van der Waals surface area contributed by atoms with Crippen LogP contribution in [0.15, 0.2) is 176 Å². The van der Waals surface area contributed by atoms with E-state index in [0.29, 0.717) is 0 Å². The zero-order chi connectivity index (χ0) is 33.3. The Morgan fingerprint density at radius 1 is 0.333 bits per heavy atom. The maximum absolute atomic E-state index is 4.78. The average Bonchev–Trinajstić information content (AvgIpc) is 3.80. The Hall–Kier alpha value is -6.57. The van der Waals surface area contributed by atoms with Gasteiger partial charge in [0.15, 0.2) is 0 Å². The number of rotatable bonds is 2. The zero-order valence-electron chi connectivity index (χ0n) is 27.7. The topological polar surface area (TPSA) is 12.9 Å². The molecule has 0 unspecified atom stereocenters. The Bertz CT molecular complexity index is 2910. The summed E-state index contributed by atoms with van der Waals surface area (Å²) in [5.41, 5.74) is 21.6. The summed E-state index contributed by atoms with van der Waals surface area (Å²) < 4.78 is 0. The summed E-state index contributed by atoms with van der Waals surface area (Å²) in [6.07, 6.45) is 1.89. The highest BCUT2D eigenvalue weighted by Crippen LogP contribution is 2.67. The van der Waals surface area contributed by atoms with Crippen LogP contribution in [0, 0.1) is 0 Å². The lowest BCUT2D eigenvalue weighted by Gasteiger charge is -2.31. The van der Waals surface area contributed by atoms with Crippen LogP contribution in [0.4, 0.5) is 0 Å². The molecule has 0 atom stereocenters. The average molecular weight is 644 g/mol. The van der Waals surface area contributed by atoms with Crippen LogP contribution in [0.25, 0.3) is 88.4 Å². The number of fused-ring (bicyclic) bond motifs is 14. The maximum atomic E-state index is 4.78. The minimum absolute atomic E-state index is 0.417. The van der Waals surface area contributed by atoms with Gasteiger partial charge in [-0.05, 0) is 106 Å². The number of benzene rings is 8. The molecule has 1 spiro atoms. The van der Waals surface area contributed by atoms with E-state index in [1.807, 2.05) is 12.3 Å². The van der Waals surface area contributed by atoms with Crippen LogP contribution in [-0.4, -0.2) is 4.98 Å². The van der Waals surface area contributed by atoms with E-state index >= 15 is 0 Å². The van der Waals surface area contributed by atoms with Crippen molar-refractivity contribution in [2.45, 2.75) is 5.41 Å². The first-order chi connectivity index (χ1) is 25.3. The third kappa shape index (κ3) is 3.34. The Balaban J connectivity index is 1.22. The van der Waals surface area contributed by atoms with Crippen molar-refractivity contribution in [3.05, 3.63) is 198 Å². The van der Waals surface area contributed by atoms with Crippen molar-refractivity contribution in [3.63, 3.8) is 0 Å². The van der Waals surface area contributed by atoms with Gasteiger partial charge in [0, 0.05) is 17.1 Å². The quantitative estimate of drug-likeness (QED) is 0.183. The minimum atomic E-state index is -0.417. The number of para-hydroxylation sites is 1. The Morgan fingerprint density at radius 3 is 1.61 bits per heavy atom. The van der Waals surface area contributed by atoms with Crippen LogP contribution in [-0.2, 0) is 5.41 Å². The van der Waals surface area contributed by atoms with Crippen molar-refractivity contribution in [3.8, 4) is 66.8 Å². The molecule has 9 aromatic rings. The molecular weight excluding hydrogens is 615 g/mol. The minimum Gasteiger partial charge on any atom is -0.256 e. The molecule has 0 amide bonds. The second kappa shape index (κ2) is 9.78. The SMILES string of the molecule is c1ccc2c(c1)-c1ccccc1C21c2ccccc2-c2c1cc1c(c2-c2ccc(-c3cccc4cccnc34)cc2)-c2cccc3cccc-1c23. The molecule has 0 aliphatic heterocycles. The van der Waals surface area contributed by atoms with Crippen LogP contribution >= 0.6 is 0 Å². The second-order valence-electron chi connectivity index (χ2n) is 14.2. The molecule has 8 aromatic carbocycles. The molecule has 0 fully saturated rings.